The standard InChI is InChI=1S/C17H15FN2O3/c1-2-22-17(21)14-10-20-9-5-8-15(16(20)19-14)23-11-12-6-3-4-7-13(12)18/h3-10H,2,11H2,1H3. The molecule has 118 valence electrons. The van der Waals surface area contributed by atoms with Crippen molar-refractivity contribution in [3.63, 3.8) is 0 Å². The van der Waals surface area contributed by atoms with Gasteiger partial charge in [0.15, 0.2) is 17.1 Å². The summed E-state index contributed by atoms with van der Waals surface area (Å²) in [5.74, 6) is -0.349. The van der Waals surface area contributed by atoms with Crippen molar-refractivity contribution < 1.29 is 18.7 Å². The van der Waals surface area contributed by atoms with Gasteiger partial charge in [-0.05, 0) is 25.1 Å². The zero-order chi connectivity index (χ0) is 16.2. The zero-order valence-electron chi connectivity index (χ0n) is 12.5. The number of nitrogens with zero attached hydrogens (tertiary/aromatic N) is 2. The molecule has 23 heavy (non-hydrogen) atoms. The van der Waals surface area contributed by atoms with Crippen LogP contribution in [0.5, 0.6) is 5.75 Å². The number of carbonyl (C=O) groups excluding carboxylic acids is 1. The highest BCUT2D eigenvalue weighted by atomic mass is 19.1. The number of pyridine rings is 1. The van der Waals surface area contributed by atoms with E-state index in [-0.39, 0.29) is 24.7 Å². The lowest BCUT2D eigenvalue weighted by Gasteiger charge is -2.07. The van der Waals surface area contributed by atoms with Gasteiger partial charge in [-0.3, -0.25) is 0 Å². The molecule has 0 fully saturated rings. The van der Waals surface area contributed by atoms with Crippen LogP contribution in [0.4, 0.5) is 4.39 Å². The van der Waals surface area contributed by atoms with Crippen LogP contribution in [0.25, 0.3) is 5.65 Å². The molecule has 0 atom stereocenters. The molecule has 0 saturated carbocycles. The van der Waals surface area contributed by atoms with Crippen LogP contribution in [-0.4, -0.2) is 22.0 Å². The van der Waals surface area contributed by atoms with E-state index in [1.54, 1.807) is 54.0 Å². The molecule has 3 rings (SSSR count). The first-order valence-electron chi connectivity index (χ1n) is 7.20. The van der Waals surface area contributed by atoms with E-state index in [0.717, 1.165) is 0 Å². The Labute approximate surface area is 132 Å². The molecule has 0 aliphatic carbocycles. The summed E-state index contributed by atoms with van der Waals surface area (Å²) in [5, 5.41) is 0. The molecule has 2 heterocycles. The van der Waals surface area contributed by atoms with Crippen molar-refractivity contribution >= 4 is 11.6 Å². The maximum atomic E-state index is 13.6. The molecule has 2 aromatic heterocycles. The van der Waals surface area contributed by atoms with Crippen LogP contribution in [0, 0.1) is 5.82 Å². The second kappa shape index (κ2) is 6.48. The Hall–Kier alpha value is -2.89. The summed E-state index contributed by atoms with van der Waals surface area (Å²) in [5.41, 5.74) is 1.13. The molecule has 0 aliphatic heterocycles. The third kappa shape index (κ3) is 3.15. The number of fused-ring (bicyclic) bond motifs is 1. The van der Waals surface area contributed by atoms with Crippen molar-refractivity contribution in [2.45, 2.75) is 13.5 Å². The van der Waals surface area contributed by atoms with Gasteiger partial charge in [0.05, 0.1) is 6.61 Å². The molecule has 0 N–H and O–H groups in total. The number of halogens is 1. The van der Waals surface area contributed by atoms with E-state index in [4.69, 9.17) is 9.47 Å². The molecular formula is C17H15FN2O3. The average Bonchev–Trinajstić information content (AvgIpc) is 2.99. The molecule has 0 bridgehead atoms. The third-order valence-corrected chi connectivity index (χ3v) is 3.27. The first-order chi connectivity index (χ1) is 11.2. The molecule has 0 spiro atoms. The van der Waals surface area contributed by atoms with Crippen molar-refractivity contribution in [1.82, 2.24) is 9.38 Å². The number of hydrogen-bond donors (Lipinski definition) is 0. The predicted octanol–water partition coefficient (Wildman–Crippen LogP) is 3.23. The fourth-order valence-electron chi connectivity index (χ4n) is 2.17. The molecule has 1 aromatic carbocycles. The van der Waals surface area contributed by atoms with Gasteiger partial charge < -0.3 is 13.9 Å². The van der Waals surface area contributed by atoms with Crippen LogP contribution < -0.4 is 4.74 Å². The van der Waals surface area contributed by atoms with E-state index in [9.17, 15) is 9.18 Å². The Morgan fingerprint density at radius 1 is 1.26 bits per heavy atom. The SMILES string of the molecule is CCOC(=O)c1cn2cccc(OCc3ccccc3F)c2n1. The van der Waals surface area contributed by atoms with Gasteiger partial charge in [0.1, 0.15) is 12.4 Å². The maximum absolute atomic E-state index is 13.6. The number of esters is 1. The first-order valence-corrected chi connectivity index (χ1v) is 7.20. The van der Waals surface area contributed by atoms with Crippen molar-refractivity contribution in [2.24, 2.45) is 0 Å². The molecule has 0 unspecified atom stereocenters. The van der Waals surface area contributed by atoms with Crippen molar-refractivity contribution in [3.05, 3.63) is 65.9 Å². The first kappa shape index (κ1) is 15.0. The van der Waals surface area contributed by atoms with Crippen LogP contribution in [-0.2, 0) is 11.3 Å². The summed E-state index contributed by atoms with van der Waals surface area (Å²) < 4.78 is 25.9. The van der Waals surface area contributed by atoms with Gasteiger partial charge >= 0.3 is 5.97 Å². The Balaban J connectivity index is 1.86. The largest absolute Gasteiger partial charge is 0.485 e. The normalized spacial score (nSPS) is 10.7. The second-order valence-electron chi connectivity index (χ2n) is 4.83. The lowest BCUT2D eigenvalue weighted by Crippen LogP contribution is -2.04. The Morgan fingerprint density at radius 2 is 2.09 bits per heavy atom. The van der Waals surface area contributed by atoms with Crippen molar-refractivity contribution in [3.8, 4) is 5.75 Å². The number of ether oxygens (including phenoxy) is 2. The quantitative estimate of drug-likeness (QED) is 0.679. The predicted molar refractivity (Wildman–Crippen MR) is 81.9 cm³/mol. The minimum atomic E-state index is -0.490. The molecule has 0 saturated heterocycles. The smallest absolute Gasteiger partial charge is 0.358 e. The van der Waals surface area contributed by atoms with Crippen molar-refractivity contribution in [2.75, 3.05) is 6.61 Å². The summed E-state index contributed by atoms with van der Waals surface area (Å²) in [6.07, 6.45) is 3.32. The fraction of sp³-hybridized carbons (Fsp3) is 0.176. The number of carbonyl (C=O) groups is 1. The van der Waals surface area contributed by atoms with Crippen LogP contribution in [0.2, 0.25) is 0 Å². The Morgan fingerprint density at radius 3 is 2.87 bits per heavy atom. The lowest BCUT2D eigenvalue weighted by atomic mass is 10.2. The third-order valence-electron chi connectivity index (χ3n) is 3.27. The van der Waals surface area contributed by atoms with Crippen molar-refractivity contribution in [1.29, 1.82) is 0 Å². The van der Waals surface area contributed by atoms with E-state index >= 15 is 0 Å². The number of hydrogen-bond acceptors (Lipinski definition) is 4. The van der Waals surface area contributed by atoms with E-state index < -0.39 is 5.97 Å². The number of imidazole rings is 1. The summed E-state index contributed by atoms with van der Waals surface area (Å²) in [4.78, 5) is 16.0. The zero-order valence-corrected chi connectivity index (χ0v) is 12.5. The topological polar surface area (TPSA) is 52.8 Å². The molecule has 5 nitrogen and oxygen atoms in total. The molecule has 6 heteroatoms. The Kier molecular flexibility index (Phi) is 4.23. The number of aromatic nitrogens is 2. The van der Waals surface area contributed by atoms with Gasteiger partial charge in [0, 0.05) is 18.0 Å². The highest BCUT2D eigenvalue weighted by Crippen LogP contribution is 2.21. The summed E-state index contributed by atoms with van der Waals surface area (Å²) in [6, 6.07) is 9.90. The van der Waals surface area contributed by atoms with Crippen LogP contribution in [0.1, 0.15) is 23.0 Å². The Bertz CT molecular complexity index is 845. The maximum Gasteiger partial charge on any atom is 0.358 e. The molecule has 0 amide bonds. The monoisotopic (exact) mass is 314 g/mol. The van der Waals surface area contributed by atoms with E-state index in [2.05, 4.69) is 4.98 Å². The summed E-state index contributed by atoms with van der Waals surface area (Å²) in [7, 11) is 0. The molecule has 0 aliphatic rings. The van der Waals surface area contributed by atoms with E-state index in [1.165, 1.54) is 6.07 Å². The van der Waals surface area contributed by atoms with Crippen LogP contribution in [0.3, 0.4) is 0 Å². The molecular weight excluding hydrogens is 299 g/mol. The fourth-order valence-corrected chi connectivity index (χ4v) is 2.17. The van der Waals surface area contributed by atoms with E-state index in [0.29, 0.717) is 17.0 Å². The van der Waals surface area contributed by atoms with Gasteiger partial charge in [-0.2, -0.15) is 0 Å². The van der Waals surface area contributed by atoms with Crippen LogP contribution in [0.15, 0.2) is 48.8 Å². The van der Waals surface area contributed by atoms with Gasteiger partial charge in [-0.1, -0.05) is 18.2 Å². The minimum Gasteiger partial charge on any atom is -0.485 e. The minimum absolute atomic E-state index is 0.0773. The molecule has 0 radical (unpaired) electrons. The number of rotatable bonds is 5. The summed E-state index contributed by atoms with van der Waals surface area (Å²) in [6.45, 7) is 2.09. The van der Waals surface area contributed by atoms with E-state index in [1.807, 2.05) is 0 Å². The average molecular weight is 314 g/mol. The lowest BCUT2D eigenvalue weighted by molar-refractivity contribution is 0.0520. The highest BCUT2D eigenvalue weighted by molar-refractivity contribution is 5.88. The van der Waals surface area contributed by atoms with Gasteiger partial charge in [-0.25, -0.2) is 14.2 Å². The highest BCUT2D eigenvalue weighted by Gasteiger charge is 2.14. The van der Waals surface area contributed by atoms with Gasteiger partial charge in [-0.15, -0.1) is 0 Å². The van der Waals surface area contributed by atoms with Gasteiger partial charge in [0.2, 0.25) is 0 Å². The second-order valence-corrected chi connectivity index (χ2v) is 4.83. The van der Waals surface area contributed by atoms with Crippen LogP contribution >= 0.6 is 0 Å². The van der Waals surface area contributed by atoms with Gasteiger partial charge in [0.25, 0.3) is 0 Å². The summed E-state index contributed by atoms with van der Waals surface area (Å²) >= 11 is 0. The number of benzene rings is 1. The molecule has 3 aromatic rings.